The smallest absolute Gasteiger partial charge is 0.335 e. The number of hydrogen-bond acceptors (Lipinski definition) is 5. The molecule has 0 saturated carbocycles. The number of nitrogens with one attached hydrogen (secondary N) is 1. The minimum atomic E-state index is -3.73. The van der Waals surface area contributed by atoms with Crippen LogP contribution in [0.15, 0.2) is 82.6 Å². The number of carboxylic acid groups (broad SMARTS) is 1. The zero-order valence-corrected chi connectivity index (χ0v) is 20.2. The molecule has 2 atom stereocenters. The molecule has 3 aromatic carbocycles. The maximum absolute atomic E-state index is 12.8. The highest BCUT2D eigenvalue weighted by atomic mass is 35.5. The number of carbonyl (C=O) groups is 1. The summed E-state index contributed by atoms with van der Waals surface area (Å²) in [5.41, 5.74) is 1.71. The molecule has 3 N–H and O–H groups in total. The molecule has 0 spiro atoms. The van der Waals surface area contributed by atoms with E-state index in [2.05, 4.69) is 5.32 Å². The molecule has 0 aliphatic carbocycles. The number of sulfone groups is 1. The fourth-order valence-corrected chi connectivity index (χ4v) is 4.75. The van der Waals surface area contributed by atoms with Crippen molar-refractivity contribution in [3.63, 3.8) is 0 Å². The van der Waals surface area contributed by atoms with Crippen molar-refractivity contribution in [3.8, 4) is 0 Å². The third-order valence-electron chi connectivity index (χ3n) is 5.08. The predicted octanol–water partition coefficient (Wildman–Crippen LogP) is 4.55. The van der Waals surface area contributed by atoms with Gasteiger partial charge >= 0.3 is 5.97 Å². The molecule has 3 rings (SSSR count). The summed E-state index contributed by atoms with van der Waals surface area (Å²) in [7, 11) is -3.73. The first-order valence-corrected chi connectivity index (χ1v) is 11.9. The van der Waals surface area contributed by atoms with Crippen molar-refractivity contribution in [2.75, 3.05) is 6.54 Å². The van der Waals surface area contributed by atoms with Gasteiger partial charge in [0.15, 0.2) is 0 Å². The van der Waals surface area contributed by atoms with E-state index in [1.54, 1.807) is 42.5 Å². The highest BCUT2D eigenvalue weighted by molar-refractivity contribution is 7.91. The maximum atomic E-state index is 12.8. The molecule has 0 amide bonds. The van der Waals surface area contributed by atoms with E-state index in [-0.39, 0.29) is 33.8 Å². The van der Waals surface area contributed by atoms with E-state index < -0.39 is 21.9 Å². The van der Waals surface area contributed by atoms with E-state index in [0.717, 1.165) is 11.1 Å². The number of aliphatic hydroxyl groups is 1. The van der Waals surface area contributed by atoms with Gasteiger partial charge in [-0.1, -0.05) is 35.9 Å². The predicted molar refractivity (Wildman–Crippen MR) is 130 cm³/mol. The summed E-state index contributed by atoms with van der Waals surface area (Å²) >= 11 is 5.96. The van der Waals surface area contributed by atoms with Crippen LogP contribution in [0.2, 0.25) is 5.02 Å². The number of hydrogen-bond donors (Lipinski definition) is 3. The number of aromatic carboxylic acids is 1. The second-order valence-electron chi connectivity index (χ2n) is 7.56. The second kappa shape index (κ2) is 11.6. The number of rotatable bonds is 9. The minimum Gasteiger partial charge on any atom is -0.478 e. The number of carboxylic acids is 1. The summed E-state index contributed by atoms with van der Waals surface area (Å²) in [6.45, 7) is 2.35. The molecule has 0 saturated heterocycles. The lowest BCUT2D eigenvalue weighted by molar-refractivity contribution is 0.0696. The van der Waals surface area contributed by atoms with Crippen LogP contribution in [0.5, 0.6) is 0 Å². The van der Waals surface area contributed by atoms with Gasteiger partial charge in [0.1, 0.15) is 0 Å². The molecule has 3 aromatic rings. The van der Waals surface area contributed by atoms with E-state index in [9.17, 15) is 18.3 Å². The van der Waals surface area contributed by atoms with Crippen molar-refractivity contribution < 1.29 is 23.4 Å². The summed E-state index contributed by atoms with van der Waals surface area (Å²) in [6.07, 6.45) is -0.0354. The van der Waals surface area contributed by atoms with Crippen LogP contribution in [-0.2, 0) is 16.3 Å². The van der Waals surface area contributed by atoms with Crippen molar-refractivity contribution in [1.29, 1.82) is 0 Å². The molecule has 0 radical (unpaired) electrons. The van der Waals surface area contributed by atoms with E-state index >= 15 is 0 Å². The highest BCUT2D eigenvalue weighted by Crippen LogP contribution is 2.22. The fraction of sp³-hybridized carbons (Fsp3) is 0.208. The Labute approximate surface area is 204 Å². The Bertz CT molecular complexity index is 1180. The Hall–Kier alpha value is -2.42. The van der Waals surface area contributed by atoms with Gasteiger partial charge in [0.2, 0.25) is 9.84 Å². The molecule has 33 heavy (non-hydrogen) atoms. The topological polar surface area (TPSA) is 104 Å². The summed E-state index contributed by atoms with van der Waals surface area (Å²) in [5.74, 6) is -1.11. The van der Waals surface area contributed by atoms with Gasteiger partial charge in [-0.2, -0.15) is 0 Å². The Kier molecular flexibility index (Phi) is 9.46. The second-order valence-corrected chi connectivity index (χ2v) is 9.95. The summed E-state index contributed by atoms with van der Waals surface area (Å²) < 4.78 is 25.6. The minimum absolute atomic E-state index is 0. The zero-order chi connectivity index (χ0) is 23.3. The van der Waals surface area contributed by atoms with Crippen LogP contribution in [0.25, 0.3) is 0 Å². The zero-order valence-electron chi connectivity index (χ0n) is 17.8. The fourth-order valence-electron chi connectivity index (χ4n) is 3.29. The first kappa shape index (κ1) is 26.8. The normalized spacial score (nSPS) is 13.1. The molecule has 0 aromatic heterocycles. The third kappa shape index (κ3) is 7.03. The molecular formula is C24H25Cl2NO5S. The van der Waals surface area contributed by atoms with E-state index in [1.165, 1.54) is 24.3 Å². The molecule has 0 aliphatic rings. The van der Waals surface area contributed by atoms with E-state index in [1.807, 2.05) is 13.0 Å². The van der Waals surface area contributed by atoms with Crippen LogP contribution >= 0.6 is 24.0 Å². The van der Waals surface area contributed by atoms with E-state index in [0.29, 0.717) is 18.0 Å². The summed E-state index contributed by atoms with van der Waals surface area (Å²) in [6, 6.07) is 18.9. The van der Waals surface area contributed by atoms with Crippen LogP contribution < -0.4 is 5.32 Å². The van der Waals surface area contributed by atoms with Crippen LogP contribution in [0.3, 0.4) is 0 Å². The Balaban J connectivity index is 0.00000385. The maximum Gasteiger partial charge on any atom is 0.335 e. The van der Waals surface area contributed by atoms with Crippen LogP contribution in [0, 0.1) is 0 Å². The lowest BCUT2D eigenvalue weighted by atomic mass is 10.1. The van der Waals surface area contributed by atoms with Crippen molar-refractivity contribution in [3.05, 3.63) is 94.5 Å². The molecule has 0 heterocycles. The first-order chi connectivity index (χ1) is 15.2. The van der Waals surface area contributed by atoms with Crippen molar-refractivity contribution in [2.24, 2.45) is 0 Å². The molecule has 0 bridgehead atoms. The van der Waals surface area contributed by atoms with Gasteiger partial charge < -0.3 is 15.5 Å². The molecule has 9 heteroatoms. The Morgan fingerprint density at radius 2 is 1.58 bits per heavy atom. The number of benzene rings is 3. The van der Waals surface area contributed by atoms with Gasteiger partial charge in [0.05, 0.1) is 21.5 Å². The van der Waals surface area contributed by atoms with Gasteiger partial charge in [-0.3, -0.25) is 0 Å². The van der Waals surface area contributed by atoms with Crippen molar-refractivity contribution >= 4 is 39.8 Å². The first-order valence-electron chi connectivity index (χ1n) is 10.0. The molecule has 0 fully saturated rings. The molecule has 6 nitrogen and oxygen atoms in total. The lowest BCUT2D eigenvalue weighted by Crippen LogP contribution is -2.32. The van der Waals surface area contributed by atoms with Crippen LogP contribution in [0.4, 0.5) is 0 Å². The van der Waals surface area contributed by atoms with Gasteiger partial charge in [0, 0.05) is 17.6 Å². The number of aliphatic hydroxyl groups excluding tert-OH is 1. The summed E-state index contributed by atoms with van der Waals surface area (Å²) in [5, 5.41) is 23.1. The van der Waals surface area contributed by atoms with Gasteiger partial charge in [0.25, 0.3) is 0 Å². The molecular weight excluding hydrogens is 485 g/mol. The Morgan fingerprint density at radius 3 is 2.12 bits per heavy atom. The quantitative estimate of drug-likeness (QED) is 0.391. The van der Waals surface area contributed by atoms with Crippen molar-refractivity contribution in [1.82, 2.24) is 5.32 Å². The average Bonchev–Trinajstić information content (AvgIpc) is 2.78. The molecule has 0 unspecified atom stereocenters. The molecule has 176 valence electrons. The monoisotopic (exact) mass is 509 g/mol. The molecule has 0 aliphatic heterocycles. The van der Waals surface area contributed by atoms with Gasteiger partial charge in [-0.05, 0) is 73.0 Å². The SMILES string of the molecule is C[C@@H](Cc1ccc(S(=O)(=O)c2ccc(C(=O)O)cc2)cc1)NC[C@@H](O)c1cccc(Cl)c1.Cl. The average molecular weight is 510 g/mol. The van der Waals surface area contributed by atoms with E-state index in [4.69, 9.17) is 16.7 Å². The van der Waals surface area contributed by atoms with Gasteiger partial charge in [-0.25, -0.2) is 13.2 Å². The number of halogens is 2. The largest absolute Gasteiger partial charge is 0.478 e. The summed E-state index contributed by atoms with van der Waals surface area (Å²) in [4.78, 5) is 11.1. The lowest BCUT2D eigenvalue weighted by Gasteiger charge is -2.18. The standard InChI is InChI=1S/C24H24ClNO5S.ClH/c1-16(26-15-23(27)19-3-2-4-20(25)14-19)13-17-5-9-21(10-6-17)32(30,31)22-11-7-18(8-12-22)24(28)29;/h2-12,14,16,23,26-27H,13,15H2,1H3,(H,28,29);1H/t16-,23+;/m0./s1. The highest BCUT2D eigenvalue weighted by Gasteiger charge is 2.18. The Morgan fingerprint density at radius 1 is 1.00 bits per heavy atom. The van der Waals surface area contributed by atoms with Crippen LogP contribution in [-0.4, -0.2) is 37.2 Å². The van der Waals surface area contributed by atoms with Gasteiger partial charge in [-0.15, -0.1) is 12.4 Å². The van der Waals surface area contributed by atoms with Crippen LogP contribution in [0.1, 0.15) is 34.5 Å². The third-order valence-corrected chi connectivity index (χ3v) is 7.10. The van der Waals surface area contributed by atoms with Crippen molar-refractivity contribution in [2.45, 2.75) is 35.3 Å².